The fourth-order valence-electron chi connectivity index (χ4n) is 3.62. The van der Waals surface area contributed by atoms with E-state index in [4.69, 9.17) is 9.47 Å². The van der Waals surface area contributed by atoms with Gasteiger partial charge in [0, 0.05) is 37.4 Å². The van der Waals surface area contributed by atoms with E-state index in [1.54, 1.807) is 6.92 Å². The van der Waals surface area contributed by atoms with Crippen LogP contribution in [0.25, 0.3) is 0 Å². The van der Waals surface area contributed by atoms with Gasteiger partial charge in [0.15, 0.2) is 17.3 Å². The molecule has 0 saturated carbocycles. The largest absolute Gasteiger partial charge is 0.454 e. The minimum absolute atomic E-state index is 0.0645. The number of ether oxygens (including phenoxy) is 2. The van der Waals surface area contributed by atoms with Gasteiger partial charge in [-0.15, -0.1) is 0 Å². The number of hydrogen-bond donors (Lipinski definition) is 1. The molecule has 0 spiro atoms. The van der Waals surface area contributed by atoms with E-state index in [1.165, 1.54) is 0 Å². The first-order chi connectivity index (χ1) is 14.0. The maximum Gasteiger partial charge on any atom is 0.317 e. The van der Waals surface area contributed by atoms with Crippen molar-refractivity contribution in [1.82, 2.24) is 10.2 Å². The highest BCUT2D eigenvalue weighted by atomic mass is 16.7. The Labute approximate surface area is 170 Å². The van der Waals surface area contributed by atoms with Crippen molar-refractivity contribution >= 4 is 17.5 Å². The van der Waals surface area contributed by atoms with Crippen LogP contribution in [0.15, 0.2) is 42.5 Å². The molecular weight excluding hydrogens is 370 g/mol. The van der Waals surface area contributed by atoms with Crippen LogP contribution < -0.4 is 19.7 Å². The lowest BCUT2D eigenvalue weighted by atomic mass is 10.1. The molecule has 1 N–H and O–H groups in total. The molecule has 152 valence electrons. The number of urea groups is 1. The number of piperazine rings is 1. The predicted octanol–water partition coefficient (Wildman–Crippen LogP) is 3.21. The Morgan fingerprint density at radius 3 is 2.34 bits per heavy atom. The molecule has 29 heavy (non-hydrogen) atoms. The molecule has 0 aliphatic carbocycles. The van der Waals surface area contributed by atoms with E-state index in [1.807, 2.05) is 54.3 Å². The number of Topliss-reactive ketones (excluding diaryl/α,β-unsaturated/α-hetero) is 1. The van der Waals surface area contributed by atoms with E-state index < -0.39 is 0 Å². The summed E-state index contributed by atoms with van der Waals surface area (Å²) in [7, 11) is 0. The SMILES string of the molecule is CC(=O)c1ccc(N2CCN(C(=O)NC(C)c3ccc4c(c3)OCO4)CC2)cc1. The van der Waals surface area contributed by atoms with E-state index in [9.17, 15) is 9.59 Å². The number of amides is 2. The van der Waals surface area contributed by atoms with Crippen molar-refractivity contribution in [3.63, 3.8) is 0 Å². The van der Waals surface area contributed by atoms with Gasteiger partial charge in [0.05, 0.1) is 6.04 Å². The van der Waals surface area contributed by atoms with Gasteiger partial charge in [-0.2, -0.15) is 0 Å². The number of fused-ring (bicyclic) bond motifs is 1. The van der Waals surface area contributed by atoms with Gasteiger partial charge >= 0.3 is 6.03 Å². The Kier molecular flexibility index (Phi) is 5.29. The zero-order valence-corrected chi connectivity index (χ0v) is 16.7. The molecule has 0 bridgehead atoms. The molecule has 2 aromatic carbocycles. The van der Waals surface area contributed by atoms with Crippen LogP contribution in [0, 0.1) is 0 Å². The lowest BCUT2D eigenvalue weighted by molar-refractivity contribution is 0.101. The minimum atomic E-state index is -0.130. The molecule has 7 nitrogen and oxygen atoms in total. The fraction of sp³-hybridized carbons (Fsp3) is 0.364. The summed E-state index contributed by atoms with van der Waals surface area (Å²) in [4.78, 5) is 28.2. The van der Waals surface area contributed by atoms with Crippen LogP contribution in [-0.4, -0.2) is 49.7 Å². The van der Waals surface area contributed by atoms with Gasteiger partial charge in [0.1, 0.15) is 0 Å². The van der Waals surface area contributed by atoms with Gasteiger partial charge in [-0.1, -0.05) is 6.07 Å². The molecule has 0 aromatic heterocycles. The number of benzene rings is 2. The Morgan fingerprint density at radius 2 is 1.66 bits per heavy atom. The van der Waals surface area contributed by atoms with Crippen molar-refractivity contribution in [2.24, 2.45) is 0 Å². The molecular formula is C22H25N3O4. The van der Waals surface area contributed by atoms with E-state index in [0.717, 1.165) is 30.1 Å². The summed E-state index contributed by atoms with van der Waals surface area (Å²) in [6.45, 7) is 6.57. The van der Waals surface area contributed by atoms with Crippen LogP contribution in [0.5, 0.6) is 11.5 Å². The molecule has 4 rings (SSSR count). The van der Waals surface area contributed by atoms with Gasteiger partial charge in [0.2, 0.25) is 6.79 Å². The third kappa shape index (κ3) is 4.13. The second kappa shape index (κ2) is 8.03. The minimum Gasteiger partial charge on any atom is -0.454 e. The van der Waals surface area contributed by atoms with Gasteiger partial charge in [-0.05, 0) is 55.8 Å². The van der Waals surface area contributed by atoms with Crippen LogP contribution in [0.4, 0.5) is 10.5 Å². The zero-order valence-electron chi connectivity index (χ0n) is 16.7. The van der Waals surface area contributed by atoms with E-state index in [2.05, 4.69) is 10.2 Å². The topological polar surface area (TPSA) is 71.1 Å². The molecule has 2 amide bonds. The molecule has 1 fully saturated rings. The predicted molar refractivity (Wildman–Crippen MR) is 110 cm³/mol. The highest BCUT2D eigenvalue weighted by molar-refractivity contribution is 5.94. The first-order valence-corrected chi connectivity index (χ1v) is 9.82. The molecule has 1 atom stereocenters. The van der Waals surface area contributed by atoms with Gasteiger partial charge in [0.25, 0.3) is 0 Å². The summed E-state index contributed by atoms with van der Waals surface area (Å²) >= 11 is 0. The van der Waals surface area contributed by atoms with E-state index in [-0.39, 0.29) is 24.6 Å². The second-order valence-corrected chi connectivity index (χ2v) is 7.36. The third-order valence-electron chi connectivity index (χ3n) is 5.44. The quantitative estimate of drug-likeness (QED) is 0.805. The summed E-state index contributed by atoms with van der Waals surface area (Å²) in [5.41, 5.74) is 2.76. The Balaban J connectivity index is 1.31. The molecule has 2 aliphatic rings. The average molecular weight is 395 g/mol. The van der Waals surface area contributed by atoms with Crippen molar-refractivity contribution < 1.29 is 19.1 Å². The average Bonchev–Trinajstić information content (AvgIpc) is 3.21. The summed E-state index contributed by atoms with van der Waals surface area (Å²) in [5, 5.41) is 3.07. The maximum absolute atomic E-state index is 12.7. The number of carbonyl (C=O) groups excluding carboxylic acids is 2. The number of nitrogens with one attached hydrogen (secondary N) is 1. The normalized spacial score (nSPS) is 16.5. The Morgan fingerprint density at radius 1 is 0.966 bits per heavy atom. The number of hydrogen-bond acceptors (Lipinski definition) is 5. The van der Waals surface area contributed by atoms with Crippen LogP contribution in [0.1, 0.15) is 35.8 Å². The number of rotatable bonds is 4. The van der Waals surface area contributed by atoms with E-state index in [0.29, 0.717) is 24.4 Å². The lowest BCUT2D eigenvalue weighted by Gasteiger charge is -2.36. The first-order valence-electron chi connectivity index (χ1n) is 9.82. The van der Waals surface area contributed by atoms with Crippen molar-refractivity contribution in [3.8, 4) is 11.5 Å². The molecule has 7 heteroatoms. The molecule has 1 unspecified atom stereocenters. The van der Waals surface area contributed by atoms with Crippen LogP contribution in [0.3, 0.4) is 0 Å². The Hall–Kier alpha value is -3.22. The highest BCUT2D eigenvalue weighted by Crippen LogP contribution is 2.34. The van der Waals surface area contributed by atoms with Crippen molar-refractivity contribution in [2.75, 3.05) is 37.9 Å². The van der Waals surface area contributed by atoms with Gasteiger partial charge in [-0.25, -0.2) is 4.79 Å². The van der Waals surface area contributed by atoms with E-state index >= 15 is 0 Å². The summed E-state index contributed by atoms with van der Waals surface area (Å²) in [5.74, 6) is 1.52. The maximum atomic E-state index is 12.7. The third-order valence-corrected chi connectivity index (χ3v) is 5.44. The smallest absolute Gasteiger partial charge is 0.317 e. The number of ketones is 1. The van der Waals surface area contributed by atoms with Gasteiger partial charge < -0.3 is 24.6 Å². The van der Waals surface area contributed by atoms with Crippen LogP contribution in [-0.2, 0) is 0 Å². The highest BCUT2D eigenvalue weighted by Gasteiger charge is 2.23. The summed E-state index contributed by atoms with van der Waals surface area (Å²) in [6.07, 6.45) is 0. The lowest BCUT2D eigenvalue weighted by Crippen LogP contribution is -2.52. The van der Waals surface area contributed by atoms with Crippen molar-refractivity contribution in [3.05, 3.63) is 53.6 Å². The summed E-state index contributed by atoms with van der Waals surface area (Å²) in [6, 6.07) is 13.2. The molecule has 0 radical (unpaired) electrons. The fourth-order valence-corrected chi connectivity index (χ4v) is 3.62. The molecule has 2 aromatic rings. The number of carbonyl (C=O) groups is 2. The Bertz CT molecular complexity index is 905. The molecule has 1 saturated heterocycles. The van der Waals surface area contributed by atoms with Gasteiger partial charge in [-0.3, -0.25) is 4.79 Å². The first kappa shape index (κ1) is 19.1. The summed E-state index contributed by atoms with van der Waals surface area (Å²) < 4.78 is 10.8. The number of anilines is 1. The zero-order chi connectivity index (χ0) is 20.4. The van der Waals surface area contributed by atoms with Crippen LogP contribution >= 0.6 is 0 Å². The molecule has 2 aliphatic heterocycles. The monoisotopic (exact) mass is 395 g/mol. The standard InChI is InChI=1S/C22H25N3O4/c1-15(18-5-8-20-21(13-18)29-14-28-20)23-22(27)25-11-9-24(10-12-25)19-6-3-17(4-7-19)16(2)26/h3-8,13,15H,9-12,14H2,1-2H3,(H,23,27). The number of nitrogens with zero attached hydrogens (tertiary/aromatic N) is 2. The van der Waals surface area contributed by atoms with Crippen molar-refractivity contribution in [1.29, 1.82) is 0 Å². The van der Waals surface area contributed by atoms with Crippen LogP contribution in [0.2, 0.25) is 0 Å². The molecule has 2 heterocycles. The van der Waals surface area contributed by atoms with Crippen molar-refractivity contribution in [2.45, 2.75) is 19.9 Å². The second-order valence-electron chi connectivity index (χ2n) is 7.36.